The molecule has 0 spiro atoms. The first-order valence-electron chi connectivity index (χ1n) is 6.43. The van der Waals surface area contributed by atoms with E-state index < -0.39 is 0 Å². The van der Waals surface area contributed by atoms with Gasteiger partial charge in [0, 0.05) is 17.8 Å². The SMILES string of the molecule is C[C@@H]1CCc2ccccc2N1C(=S)NC1CC1. The van der Waals surface area contributed by atoms with E-state index in [0.717, 1.165) is 5.11 Å². The fourth-order valence-corrected chi connectivity index (χ4v) is 2.91. The number of thiocarbonyl (C=S) groups is 1. The third-order valence-electron chi connectivity index (χ3n) is 3.65. The molecule has 2 aliphatic rings. The largest absolute Gasteiger partial charge is 0.360 e. The number of rotatable bonds is 1. The van der Waals surface area contributed by atoms with Crippen LogP contribution < -0.4 is 10.2 Å². The standard InChI is InChI=1S/C14H18N2S/c1-10-6-7-11-4-2-3-5-13(11)16(10)14(17)15-12-8-9-12/h2-5,10,12H,6-9H2,1H3,(H,15,17)/t10-/m1/s1. The maximum absolute atomic E-state index is 5.56. The average Bonchev–Trinajstić information content (AvgIpc) is 3.12. The van der Waals surface area contributed by atoms with E-state index in [2.05, 4.69) is 41.4 Å². The molecule has 1 heterocycles. The molecular weight excluding hydrogens is 228 g/mol. The molecule has 0 aromatic heterocycles. The summed E-state index contributed by atoms with van der Waals surface area (Å²) in [6.07, 6.45) is 4.89. The molecule has 1 aromatic carbocycles. The van der Waals surface area contributed by atoms with E-state index in [-0.39, 0.29) is 0 Å². The Hall–Kier alpha value is -1.09. The molecule has 0 radical (unpaired) electrons. The fourth-order valence-electron chi connectivity index (χ4n) is 2.47. The molecule has 1 aliphatic carbocycles. The normalized spacial score (nSPS) is 23.1. The predicted octanol–water partition coefficient (Wildman–Crippen LogP) is 2.86. The minimum Gasteiger partial charge on any atom is -0.360 e. The first kappa shape index (κ1) is 11.0. The highest BCUT2D eigenvalue weighted by atomic mass is 32.1. The molecule has 90 valence electrons. The van der Waals surface area contributed by atoms with Crippen LogP contribution in [0, 0.1) is 0 Å². The fraction of sp³-hybridized carbons (Fsp3) is 0.500. The molecule has 1 saturated carbocycles. The van der Waals surface area contributed by atoms with Crippen molar-refractivity contribution in [2.24, 2.45) is 0 Å². The summed E-state index contributed by atoms with van der Waals surface area (Å²) in [4.78, 5) is 2.30. The van der Waals surface area contributed by atoms with Crippen molar-refractivity contribution in [1.29, 1.82) is 0 Å². The smallest absolute Gasteiger partial charge is 0.173 e. The van der Waals surface area contributed by atoms with Gasteiger partial charge in [0.25, 0.3) is 0 Å². The van der Waals surface area contributed by atoms with Gasteiger partial charge in [0.1, 0.15) is 0 Å². The maximum Gasteiger partial charge on any atom is 0.173 e. The molecule has 0 bridgehead atoms. The van der Waals surface area contributed by atoms with Crippen LogP contribution in [0.2, 0.25) is 0 Å². The Bertz CT molecular complexity index is 440. The number of para-hydroxylation sites is 1. The van der Waals surface area contributed by atoms with Crippen molar-refractivity contribution in [3.05, 3.63) is 29.8 Å². The van der Waals surface area contributed by atoms with Gasteiger partial charge in [-0.05, 0) is 56.5 Å². The van der Waals surface area contributed by atoms with Crippen molar-refractivity contribution in [3.8, 4) is 0 Å². The molecule has 3 heteroatoms. The van der Waals surface area contributed by atoms with Crippen molar-refractivity contribution in [2.45, 2.75) is 44.7 Å². The van der Waals surface area contributed by atoms with Crippen molar-refractivity contribution >= 4 is 23.0 Å². The molecule has 0 saturated heterocycles. The van der Waals surface area contributed by atoms with Crippen LogP contribution in [0.4, 0.5) is 5.69 Å². The van der Waals surface area contributed by atoms with E-state index >= 15 is 0 Å². The third kappa shape index (κ3) is 2.16. The molecule has 1 aromatic rings. The van der Waals surface area contributed by atoms with Crippen molar-refractivity contribution in [3.63, 3.8) is 0 Å². The van der Waals surface area contributed by atoms with Crippen LogP contribution in [-0.2, 0) is 6.42 Å². The van der Waals surface area contributed by atoms with Gasteiger partial charge in [0.15, 0.2) is 5.11 Å². The first-order chi connectivity index (χ1) is 8.25. The van der Waals surface area contributed by atoms with Crippen molar-refractivity contribution in [1.82, 2.24) is 5.32 Å². The number of anilines is 1. The molecule has 1 atom stereocenters. The van der Waals surface area contributed by atoms with Crippen LogP contribution in [0.25, 0.3) is 0 Å². The summed E-state index contributed by atoms with van der Waals surface area (Å²) >= 11 is 5.56. The van der Waals surface area contributed by atoms with E-state index in [1.165, 1.54) is 36.9 Å². The van der Waals surface area contributed by atoms with Crippen LogP contribution in [0.3, 0.4) is 0 Å². The predicted molar refractivity (Wildman–Crippen MR) is 75.5 cm³/mol. The number of hydrogen-bond donors (Lipinski definition) is 1. The van der Waals surface area contributed by atoms with Crippen LogP contribution in [0.15, 0.2) is 24.3 Å². The number of aryl methyl sites for hydroxylation is 1. The molecule has 3 rings (SSSR count). The summed E-state index contributed by atoms with van der Waals surface area (Å²) in [7, 11) is 0. The Morgan fingerprint density at radius 1 is 1.29 bits per heavy atom. The summed E-state index contributed by atoms with van der Waals surface area (Å²) in [5, 5.41) is 4.36. The Labute approximate surface area is 108 Å². The van der Waals surface area contributed by atoms with E-state index in [9.17, 15) is 0 Å². The minimum absolute atomic E-state index is 0.503. The molecule has 1 N–H and O–H groups in total. The Balaban J connectivity index is 1.88. The second-order valence-corrected chi connectivity index (χ2v) is 5.50. The highest BCUT2D eigenvalue weighted by Gasteiger charge is 2.29. The van der Waals surface area contributed by atoms with E-state index in [1.54, 1.807) is 0 Å². The Morgan fingerprint density at radius 3 is 2.82 bits per heavy atom. The topological polar surface area (TPSA) is 15.3 Å². The molecule has 0 unspecified atom stereocenters. The lowest BCUT2D eigenvalue weighted by molar-refractivity contribution is 0.622. The lowest BCUT2D eigenvalue weighted by Crippen LogP contribution is -2.48. The summed E-state index contributed by atoms with van der Waals surface area (Å²) < 4.78 is 0. The second-order valence-electron chi connectivity index (χ2n) is 5.11. The second kappa shape index (κ2) is 4.30. The highest BCUT2D eigenvalue weighted by molar-refractivity contribution is 7.80. The van der Waals surface area contributed by atoms with Gasteiger partial charge < -0.3 is 10.2 Å². The highest BCUT2D eigenvalue weighted by Crippen LogP contribution is 2.31. The van der Waals surface area contributed by atoms with Crippen molar-refractivity contribution in [2.75, 3.05) is 4.90 Å². The van der Waals surface area contributed by atoms with Gasteiger partial charge in [0.2, 0.25) is 0 Å². The molecule has 1 aliphatic heterocycles. The molecule has 2 nitrogen and oxygen atoms in total. The zero-order valence-electron chi connectivity index (χ0n) is 10.1. The maximum atomic E-state index is 5.56. The lowest BCUT2D eigenvalue weighted by Gasteiger charge is -2.37. The van der Waals surface area contributed by atoms with Crippen LogP contribution in [0.1, 0.15) is 31.7 Å². The van der Waals surface area contributed by atoms with E-state index in [1.807, 2.05) is 0 Å². The van der Waals surface area contributed by atoms with Gasteiger partial charge in [-0.2, -0.15) is 0 Å². The van der Waals surface area contributed by atoms with Gasteiger partial charge in [-0.3, -0.25) is 0 Å². The van der Waals surface area contributed by atoms with Gasteiger partial charge >= 0.3 is 0 Å². The number of fused-ring (bicyclic) bond motifs is 1. The van der Waals surface area contributed by atoms with Gasteiger partial charge in [-0.15, -0.1) is 0 Å². The van der Waals surface area contributed by atoms with Gasteiger partial charge in [-0.1, -0.05) is 18.2 Å². The summed E-state index contributed by atoms with van der Waals surface area (Å²) in [6.45, 7) is 2.26. The average molecular weight is 246 g/mol. The van der Waals surface area contributed by atoms with Crippen molar-refractivity contribution < 1.29 is 0 Å². The number of benzene rings is 1. The molecule has 1 fully saturated rings. The number of nitrogens with one attached hydrogen (secondary N) is 1. The van der Waals surface area contributed by atoms with E-state index in [4.69, 9.17) is 12.2 Å². The number of hydrogen-bond acceptors (Lipinski definition) is 1. The Morgan fingerprint density at radius 2 is 2.06 bits per heavy atom. The third-order valence-corrected chi connectivity index (χ3v) is 3.96. The zero-order valence-corrected chi connectivity index (χ0v) is 11.0. The van der Waals surface area contributed by atoms with Gasteiger partial charge in [0.05, 0.1) is 0 Å². The minimum atomic E-state index is 0.503. The van der Waals surface area contributed by atoms with Crippen LogP contribution in [0.5, 0.6) is 0 Å². The summed E-state index contributed by atoms with van der Waals surface area (Å²) in [6, 6.07) is 9.75. The molecule has 17 heavy (non-hydrogen) atoms. The zero-order chi connectivity index (χ0) is 11.8. The molecular formula is C14H18N2S. The number of nitrogens with zero attached hydrogens (tertiary/aromatic N) is 1. The quantitative estimate of drug-likeness (QED) is 0.767. The van der Waals surface area contributed by atoms with Gasteiger partial charge in [-0.25, -0.2) is 0 Å². The lowest BCUT2D eigenvalue weighted by atomic mass is 9.97. The Kier molecular flexibility index (Phi) is 2.79. The summed E-state index contributed by atoms with van der Waals surface area (Å²) in [5.41, 5.74) is 2.72. The first-order valence-corrected chi connectivity index (χ1v) is 6.84. The van der Waals surface area contributed by atoms with Crippen LogP contribution >= 0.6 is 12.2 Å². The summed E-state index contributed by atoms with van der Waals surface area (Å²) in [5.74, 6) is 0. The van der Waals surface area contributed by atoms with E-state index in [0.29, 0.717) is 12.1 Å². The van der Waals surface area contributed by atoms with Crippen LogP contribution in [-0.4, -0.2) is 17.2 Å². The monoisotopic (exact) mass is 246 g/mol. The molecule has 0 amide bonds.